The van der Waals surface area contributed by atoms with Gasteiger partial charge in [0.15, 0.2) is 5.82 Å². The Kier molecular flexibility index (Phi) is 7.54. The lowest BCUT2D eigenvalue weighted by atomic mass is 10.0. The first-order valence-corrected chi connectivity index (χ1v) is 12.3. The van der Waals surface area contributed by atoms with Crippen LogP contribution in [0, 0.1) is 0 Å². The molecule has 0 amide bonds. The van der Waals surface area contributed by atoms with Gasteiger partial charge in [0.05, 0.1) is 26.8 Å². The highest BCUT2D eigenvalue weighted by molar-refractivity contribution is 5.33. The highest BCUT2D eigenvalue weighted by atomic mass is 16.5. The zero-order chi connectivity index (χ0) is 24.7. The molecule has 0 radical (unpaired) electrons. The predicted octanol–water partition coefficient (Wildman–Crippen LogP) is 3.65. The quantitative estimate of drug-likeness (QED) is 0.359. The summed E-state index contributed by atoms with van der Waals surface area (Å²) in [7, 11) is 3.36. The monoisotopic (exact) mass is 484 g/mol. The van der Waals surface area contributed by atoms with E-state index in [1.54, 1.807) is 14.2 Å². The zero-order valence-corrected chi connectivity index (χ0v) is 20.8. The molecule has 1 aliphatic rings. The van der Waals surface area contributed by atoms with Crippen molar-refractivity contribution < 1.29 is 9.47 Å². The number of aromatic nitrogens is 4. The number of rotatable bonds is 9. The molecule has 36 heavy (non-hydrogen) atoms. The first kappa shape index (κ1) is 24.0. The van der Waals surface area contributed by atoms with Gasteiger partial charge in [-0.3, -0.25) is 9.80 Å². The zero-order valence-electron chi connectivity index (χ0n) is 20.8. The molecular weight excluding hydrogens is 452 g/mol. The summed E-state index contributed by atoms with van der Waals surface area (Å²) in [6, 6.07) is 26.9. The third-order valence-corrected chi connectivity index (χ3v) is 6.75. The van der Waals surface area contributed by atoms with Gasteiger partial charge in [-0.15, -0.1) is 5.10 Å². The third-order valence-electron chi connectivity index (χ3n) is 6.75. The van der Waals surface area contributed by atoms with Crippen molar-refractivity contribution in [1.29, 1.82) is 0 Å². The van der Waals surface area contributed by atoms with Gasteiger partial charge in [-0.1, -0.05) is 54.6 Å². The van der Waals surface area contributed by atoms with Crippen LogP contribution in [0.4, 0.5) is 0 Å². The van der Waals surface area contributed by atoms with Crippen molar-refractivity contribution in [3.8, 4) is 11.5 Å². The molecule has 1 aliphatic heterocycles. The first-order valence-electron chi connectivity index (χ1n) is 12.3. The molecule has 0 N–H and O–H groups in total. The first-order chi connectivity index (χ1) is 17.7. The van der Waals surface area contributed by atoms with E-state index >= 15 is 0 Å². The van der Waals surface area contributed by atoms with Gasteiger partial charge in [-0.25, -0.2) is 4.68 Å². The van der Waals surface area contributed by atoms with E-state index in [1.807, 2.05) is 28.9 Å². The topological polar surface area (TPSA) is 68.5 Å². The van der Waals surface area contributed by atoms with Crippen LogP contribution in [0.1, 0.15) is 28.6 Å². The Balaban J connectivity index is 1.38. The summed E-state index contributed by atoms with van der Waals surface area (Å²) in [6.07, 6.45) is 0. The minimum absolute atomic E-state index is 0.0528. The molecule has 2 heterocycles. The van der Waals surface area contributed by atoms with Gasteiger partial charge >= 0.3 is 0 Å². The maximum atomic E-state index is 5.40. The molecule has 186 valence electrons. The van der Waals surface area contributed by atoms with Crippen LogP contribution >= 0.6 is 0 Å². The molecule has 1 saturated heterocycles. The van der Waals surface area contributed by atoms with Crippen LogP contribution in [0.15, 0.2) is 78.9 Å². The molecule has 4 aromatic rings. The van der Waals surface area contributed by atoms with Gasteiger partial charge in [0, 0.05) is 32.7 Å². The van der Waals surface area contributed by atoms with Crippen LogP contribution in [-0.4, -0.2) is 70.4 Å². The smallest absolute Gasteiger partial charge is 0.173 e. The molecule has 1 atom stereocenters. The molecule has 5 rings (SSSR count). The molecule has 1 aromatic heterocycles. The Morgan fingerprint density at radius 1 is 0.722 bits per heavy atom. The van der Waals surface area contributed by atoms with E-state index in [0.717, 1.165) is 61.2 Å². The van der Waals surface area contributed by atoms with Crippen molar-refractivity contribution in [2.75, 3.05) is 40.4 Å². The number of tetrazole rings is 1. The van der Waals surface area contributed by atoms with Crippen LogP contribution in [-0.2, 0) is 13.1 Å². The fraction of sp³-hybridized carbons (Fsp3) is 0.321. The van der Waals surface area contributed by atoms with E-state index in [0.29, 0.717) is 6.54 Å². The molecule has 1 fully saturated rings. The minimum Gasteiger partial charge on any atom is -0.497 e. The molecular formula is C28H32N6O2. The molecule has 0 saturated carbocycles. The number of ether oxygens (including phenoxy) is 2. The SMILES string of the molecule is COc1ccc(Cn2nnnc2C(c2ccc(OC)cc2)N2CCN(Cc3ccccc3)CC2)cc1. The van der Waals surface area contributed by atoms with E-state index in [1.165, 1.54) is 5.56 Å². The summed E-state index contributed by atoms with van der Waals surface area (Å²) < 4.78 is 12.6. The Hall–Kier alpha value is -3.75. The predicted molar refractivity (Wildman–Crippen MR) is 138 cm³/mol. The molecule has 0 bridgehead atoms. The van der Waals surface area contributed by atoms with Crippen LogP contribution in [0.25, 0.3) is 0 Å². The van der Waals surface area contributed by atoms with Gasteiger partial charge < -0.3 is 9.47 Å². The summed E-state index contributed by atoms with van der Waals surface area (Å²) in [5, 5.41) is 13.0. The van der Waals surface area contributed by atoms with Gasteiger partial charge in [-0.05, 0) is 51.4 Å². The fourth-order valence-corrected chi connectivity index (χ4v) is 4.75. The Bertz CT molecular complexity index is 1220. The number of methoxy groups -OCH3 is 2. The van der Waals surface area contributed by atoms with Crippen molar-refractivity contribution in [2.45, 2.75) is 19.1 Å². The lowest BCUT2D eigenvalue weighted by Crippen LogP contribution is -2.48. The average Bonchev–Trinajstić information content (AvgIpc) is 3.38. The van der Waals surface area contributed by atoms with Crippen LogP contribution in [0.2, 0.25) is 0 Å². The highest BCUT2D eigenvalue weighted by Crippen LogP contribution is 2.30. The number of piperazine rings is 1. The van der Waals surface area contributed by atoms with E-state index in [2.05, 4.69) is 79.9 Å². The molecule has 0 aliphatic carbocycles. The molecule has 8 nitrogen and oxygen atoms in total. The van der Waals surface area contributed by atoms with Gasteiger partial charge in [0.25, 0.3) is 0 Å². The molecule has 8 heteroatoms. The summed E-state index contributed by atoms with van der Waals surface area (Å²) in [4.78, 5) is 5.00. The van der Waals surface area contributed by atoms with Gasteiger partial charge in [0.1, 0.15) is 11.5 Å². The lowest BCUT2D eigenvalue weighted by Gasteiger charge is -2.39. The maximum absolute atomic E-state index is 5.40. The van der Waals surface area contributed by atoms with Gasteiger partial charge in [0.2, 0.25) is 0 Å². The standard InChI is InChI=1S/C28H32N6O2/c1-35-25-12-8-23(9-13-25)21-34-28(29-30-31-34)27(24-10-14-26(36-2)15-11-24)33-18-16-32(17-19-33)20-22-6-4-3-5-7-22/h3-15,27H,16-21H2,1-2H3. The average molecular weight is 485 g/mol. The van der Waals surface area contributed by atoms with Crippen molar-refractivity contribution >= 4 is 0 Å². The Morgan fingerprint density at radius 2 is 1.33 bits per heavy atom. The normalized spacial score (nSPS) is 15.5. The maximum Gasteiger partial charge on any atom is 0.173 e. The Labute approximate surface area is 212 Å². The number of nitrogens with zero attached hydrogens (tertiary/aromatic N) is 6. The summed E-state index contributed by atoms with van der Waals surface area (Å²) in [5.74, 6) is 2.51. The van der Waals surface area contributed by atoms with Crippen LogP contribution < -0.4 is 9.47 Å². The summed E-state index contributed by atoms with van der Waals surface area (Å²) >= 11 is 0. The Morgan fingerprint density at radius 3 is 1.97 bits per heavy atom. The van der Waals surface area contributed by atoms with Crippen LogP contribution in [0.3, 0.4) is 0 Å². The third kappa shape index (κ3) is 5.56. The second-order valence-corrected chi connectivity index (χ2v) is 9.02. The summed E-state index contributed by atoms with van der Waals surface area (Å²) in [6.45, 7) is 5.39. The highest BCUT2D eigenvalue weighted by Gasteiger charge is 2.30. The van der Waals surface area contributed by atoms with Gasteiger partial charge in [-0.2, -0.15) is 0 Å². The number of benzene rings is 3. The fourth-order valence-electron chi connectivity index (χ4n) is 4.75. The molecule has 0 spiro atoms. The molecule has 1 unspecified atom stereocenters. The summed E-state index contributed by atoms with van der Waals surface area (Å²) in [5.41, 5.74) is 3.62. The number of hydrogen-bond donors (Lipinski definition) is 0. The van der Waals surface area contributed by atoms with Crippen molar-refractivity contribution in [2.24, 2.45) is 0 Å². The van der Waals surface area contributed by atoms with E-state index in [-0.39, 0.29) is 6.04 Å². The largest absolute Gasteiger partial charge is 0.497 e. The molecule has 3 aromatic carbocycles. The van der Waals surface area contributed by atoms with Crippen molar-refractivity contribution in [3.63, 3.8) is 0 Å². The second-order valence-electron chi connectivity index (χ2n) is 9.02. The minimum atomic E-state index is -0.0528. The van der Waals surface area contributed by atoms with Crippen molar-refractivity contribution in [1.82, 2.24) is 30.0 Å². The van der Waals surface area contributed by atoms with E-state index in [4.69, 9.17) is 9.47 Å². The van der Waals surface area contributed by atoms with E-state index in [9.17, 15) is 0 Å². The van der Waals surface area contributed by atoms with Crippen molar-refractivity contribution in [3.05, 3.63) is 101 Å². The number of hydrogen-bond acceptors (Lipinski definition) is 7. The lowest BCUT2D eigenvalue weighted by molar-refractivity contribution is 0.100. The van der Waals surface area contributed by atoms with E-state index < -0.39 is 0 Å². The second kappa shape index (κ2) is 11.3. The van der Waals surface area contributed by atoms with Crippen LogP contribution in [0.5, 0.6) is 11.5 Å².